The van der Waals surface area contributed by atoms with Gasteiger partial charge in [0.2, 0.25) is 0 Å². The summed E-state index contributed by atoms with van der Waals surface area (Å²) >= 11 is 0. The van der Waals surface area contributed by atoms with E-state index in [0.717, 1.165) is 32.5 Å². The molecule has 0 amide bonds. The zero-order valence-corrected chi connectivity index (χ0v) is 12.5. The highest BCUT2D eigenvalue weighted by molar-refractivity contribution is 5.59. The van der Waals surface area contributed by atoms with Gasteiger partial charge >= 0.3 is 6.18 Å². The first kappa shape index (κ1) is 15.9. The third-order valence-corrected chi connectivity index (χ3v) is 3.95. The molecule has 0 saturated carbocycles. The standard InChI is InChI=1S/C15H22F3N3/c1-20(2)10-11-5-7-21(8-6-11)12-3-4-14(19)13(9-12)15(16,17)18/h3-4,9,11H,5-8,10,19H2,1-2H3. The molecule has 0 spiro atoms. The number of alkyl halides is 3. The van der Waals surface area contributed by atoms with Crippen LogP contribution in [0.3, 0.4) is 0 Å². The summed E-state index contributed by atoms with van der Waals surface area (Å²) in [4.78, 5) is 4.17. The molecular weight excluding hydrogens is 279 g/mol. The molecule has 1 aliphatic rings. The number of benzene rings is 1. The maximum atomic E-state index is 12.9. The molecule has 0 radical (unpaired) electrons. The van der Waals surface area contributed by atoms with Crippen LogP contribution in [0, 0.1) is 5.92 Å². The van der Waals surface area contributed by atoms with E-state index >= 15 is 0 Å². The SMILES string of the molecule is CN(C)CC1CCN(c2ccc(N)c(C(F)(F)F)c2)CC1. The molecule has 0 bridgehead atoms. The molecule has 2 N–H and O–H groups in total. The summed E-state index contributed by atoms with van der Waals surface area (Å²) in [6.45, 7) is 2.61. The van der Waals surface area contributed by atoms with Crippen LogP contribution in [0.4, 0.5) is 24.5 Å². The molecule has 1 aromatic carbocycles. The quantitative estimate of drug-likeness (QED) is 0.871. The van der Waals surface area contributed by atoms with E-state index in [1.165, 1.54) is 12.1 Å². The topological polar surface area (TPSA) is 32.5 Å². The Bertz CT molecular complexity index is 478. The molecule has 3 nitrogen and oxygen atoms in total. The minimum atomic E-state index is -4.40. The molecular formula is C15H22F3N3. The number of anilines is 2. The lowest BCUT2D eigenvalue weighted by Crippen LogP contribution is -2.37. The summed E-state index contributed by atoms with van der Waals surface area (Å²) in [7, 11) is 4.09. The predicted octanol–water partition coefficient (Wildman–Crippen LogP) is 3.07. The number of piperidine rings is 1. The number of hydrogen-bond acceptors (Lipinski definition) is 3. The monoisotopic (exact) mass is 301 g/mol. The Morgan fingerprint density at radius 2 is 1.86 bits per heavy atom. The molecule has 0 aliphatic carbocycles. The number of halogens is 3. The maximum Gasteiger partial charge on any atom is 0.418 e. The van der Waals surface area contributed by atoms with Crippen LogP contribution >= 0.6 is 0 Å². The zero-order chi connectivity index (χ0) is 15.6. The fourth-order valence-electron chi connectivity index (χ4n) is 2.88. The fourth-order valence-corrected chi connectivity index (χ4v) is 2.88. The zero-order valence-electron chi connectivity index (χ0n) is 12.5. The van der Waals surface area contributed by atoms with Gasteiger partial charge in [0.25, 0.3) is 0 Å². The maximum absolute atomic E-state index is 12.9. The van der Waals surface area contributed by atoms with Gasteiger partial charge in [-0.1, -0.05) is 0 Å². The van der Waals surface area contributed by atoms with Crippen molar-refractivity contribution < 1.29 is 13.2 Å². The molecule has 1 saturated heterocycles. The Labute approximate surface area is 123 Å². The van der Waals surface area contributed by atoms with Gasteiger partial charge in [0.15, 0.2) is 0 Å². The van der Waals surface area contributed by atoms with Crippen molar-refractivity contribution in [2.24, 2.45) is 5.92 Å². The lowest BCUT2D eigenvalue weighted by molar-refractivity contribution is -0.136. The average Bonchev–Trinajstić information content (AvgIpc) is 2.38. The summed E-state index contributed by atoms with van der Waals surface area (Å²) in [5.41, 5.74) is 5.09. The fraction of sp³-hybridized carbons (Fsp3) is 0.600. The number of hydrogen-bond donors (Lipinski definition) is 1. The molecule has 0 aromatic heterocycles. The van der Waals surface area contributed by atoms with Gasteiger partial charge in [-0.05, 0) is 51.1 Å². The normalized spacial score (nSPS) is 17.5. The second kappa shape index (κ2) is 6.13. The highest BCUT2D eigenvalue weighted by atomic mass is 19.4. The van der Waals surface area contributed by atoms with Gasteiger partial charge in [0, 0.05) is 31.0 Å². The molecule has 1 heterocycles. The molecule has 6 heteroatoms. The smallest absolute Gasteiger partial charge is 0.398 e. The van der Waals surface area contributed by atoms with Crippen LogP contribution in [0.5, 0.6) is 0 Å². The van der Waals surface area contributed by atoms with Gasteiger partial charge in [-0.2, -0.15) is 13.2 Å². The Kier molecular flexibility index (Phi) is 4.66. The van der Waals surface area contributed by atoms with Crippen LogP contribution in [-0.2, 0) is 6.18 Å². The van der Waals surface area contributed by atoms with Crippen molar-refractivity contribution in [3.05, 3.63) is 23.8 Å². The first-order valence-corrected chi connectivity index (χ1v) is 7.14. The molecule has 0 unspecified atom stereocenters. The van der Waals surface area contributed by atoms with E-state index in [4.69, 9.17) is 5.73 Å². The molecule has 1 fully saturated rings. The summed E-state index contributed by atoms with van der Waals surface area (Å²) < 4.78 is 38.7. The summed E-state index contributed by atoms with van der Waals surface area (Å²) in [6.07, 6.45) is -2.39. The number of nitrogen functional groups attached to an aromatic ring is 1. The summed E-state index contributed by atoms with van der Waals surface area (Å²) in [6, 6.07) is 4.20. The Morgan fingerprint density at radius 1 is 1.24 bits per heavy atom. The van der Waals surface area contributed by atoms with E-state index in [2.05, 4.69) is 4.90 Å². The minimum Gasteiger partial charge on any atom is -0.398 e. The predicted molar refractivity (Wildman–Crippen MR) is 79.3 cm³/mol. The molecule has 2 rings (SSSR count). The highest BCUT2D eigenvalue weighted by Gasteiger charge is 2.33. The van der Waals surface area contributed by atoms with Gasteiger partial charge < -0.3 is 15.5 Å². The third kappa shape index (κ3) is 4.03. The van der Waals surface area contributed by atoms with Gasteiger partial charge in [0.05, 0.1) is 5.56 Å². The van der Waals surface area contributed by atoms with Crippen molar-refractivity contribution in [1.82, 2.24) is 4.90 Å². The second-order valence-electron chi connectivity index (χ2n) is 5.96. The lowest BCUT2D eigenvalue weighted by atomic mass is 9.96. The van der Waals surface area contributed by atoms with Crippen molar-refractivity contribution >= 4 is 11.4 Å². The Hall–Kier alpha value is -1.43. The van der Waals surface area contributed by atoms with E-state index in [1.807, 2.05) is 19.0 Å². The first-order valence-electron chi connectivity index (χ1n) is 7.14. The van der Waals surface area contributed by atoms with Crippen LogP contribution in [0.2, 0.25) is 0 Å². The van der Waals surface area contributed by atoms with Crippen LogP contribution in [0.25, 0.3) is 0 Å². The molecule has 1 aliphatic heterocycles. The Morgan fingerprint density at radius 3 is 2.38 bits per heavy atom. The van der Waals surface area contributed by atoms with Crippen molar-refractivity contribution in [2.75, 3.05) is 44.4 Å². The number of nitrogens with two attached hydrogens (primary N) is 1. The first-order chi connectivity index (χ1) is 9.77. The van der Waals surface area contributed by atoms with Crippen molar-refractivity contribution in [3.8, 4) is 0 Å². The van der Waals surface area contributed by atoms with E-state index in [1.54, 1.807) is 6.07 Å². The number of rotatable bonds is 3. The average molecular weight is 301 g/mol. The van der Waals surface area contributed by atoms with Crippen molar-refractivity contribution in [2.45, 2.75) is 19.0 Å². The summed E-state index contributed by atoms with van der Waals surface area (Å²) in [5.74, 6) is 0.618. The second-order valence-corrected chi connectivity index (χ2v) is 5.96. The molecule has 118 valence electrons. The number of nitrogens with zero attached hydrogens (tertiary/aromatic N) is 2. The van der Waals surface area contributed by atoms with Crippen LogP contribution < -0.4 is 10.6 Å². The van der Waals surface area contributed by atoms with Gasteiger partial charge in [-0.3, -0.25) is 0 Å². The van der Waals surface area contributed by atoms with Crippen LogP contribution in [0.1, 0.15) is 18.4 Å². The molecule has 1 aromatic rings. The summed E-state index contributed by atoms with van der Waals surface area (Å²) in [5, 5.41) is 0. The van der Waals surface area contributed by atoms with Gasteiger partial charge in [-0.15, -0.1) is 0 Å². The largest absolute Gasteiger partial charge is 0.418 e. The molecule has 0 atom stereocenters. The minimum absolute atomic E-state index is 0.214. The highest BCUT2D eigenvalue weighted by Crippen LogP contribution is 2.36. The van der Waals surface area contributed by atoms with Crippen LogP contribution in [-0.4, -0.2) is 38.6 Å². The van der Waals surface area contributed by atoms with E-state index in [-0.39, 0.29) is 5.69 Å². The van der Waals surface area contributed by atoms with Crippen molar-refractivity contribution in [1.29, 1.82) is 0 Å². The van der Waals surface area contributed by atoms with Gasteiger partial charge in [0.1, 0.15) is 0 Å². The van der Waals surface area contributed by atoms with Gasteiger partial charge in [-0.25, -0.2) is 0 Å². The lowest BCUT2D eigenvalue weighted by Gasteiger charge is -2.35. The molecule has 21 heavy (non-hydrogen) atoms. The van der Waals surface area contributed by atoms with Crippen LogP contribution in [0.15, 0.2) is 18.2 Å². The third-order valence-electron chi connectivity index (χ3n) is 3.95. The van der Waals surface area contributed by atoms with E-state index < -0.39 is 11.7 Å². The van der Waals surface area contributed by atoms with E-state index in [9.17, 15) is 13.2 Å². The van der Waals surface area contributed by atoms with E-state index in [0.29, 0.717) is 11.6 Å². The van der Waals surface area contributed by atoms with Crippen molar-refractivity contribution in [3.63, 3.8) is 0 Å². The Balaban J connectivity index is 2.07.